The van der Waals surface area contributed by atoms with E-state index < -0.39 is 0 Å². The first-order chi connectivity index (χ1) is 6.26. The van der Waals surface area contributed by atoms with Crippen molar-refractivity contribution in [1.29, 1.82) is 0 Å². The molecule has 0 aromatic carbocycles. The summed E-state index contributed by atoms with van der Waals surface area (Å²) in [4.78, 5) is 0. The normalized spacial score (nSPS) is 40.4. The molecule has 2 aliphatic carbocycles. The highest BCUT2D eigenvalue weighted by Crippen LogP contribution is 2.55. The van der Waals surface area contributed by atoms with E-state index in [0.29, 0.717) is 0 Å². The fourth-order valence-electron chi connectivity index (χ4n) is 4.00. The maximum absolute atomic E-state index is 2.46. The third-order valence-electron chi connectivity index (χ3n) is 4.85. The van der Waals surface area contributed by atoms with E-state index >= 15 is 0 Å². The smallest absolute Gasteiger partial charge is 0.0246 e. The van der Waals surface area contributed by atoms with Crippen molar-refractivity contribution in [1.82, 2.24) is 0 Å². The molecular formula is C13H24. The summed E-state index contributed by atoms with van der Waals surface area (Å²) in [7, 11) is 0. The monoisotopic (exact) mass is 180 g/mol. The average Bonchev–Trinajstić information content (AvgIpc) is 2.40. The van der Waals surface area contributed by atoms with Gasteiger partial charge in [-0.1, -0.05) is 39.5 Å². The molecule has 0 N–H and O–H groups in total. The highest BCUT2D eigenvalue weighted by Gasteiger charge is 2.44. The Kier molecular flexibility index (Phi) is 2.67. The Balaban J connectivity index is 2.17. The summed E-state index contributed by atoms with van der Waals surface area (Å²) in [6.45, 7) is 4.92. The van der Waals surface area contributed by atoms with Gasteiger partial charge in [0.15, 0.2) is 0 Å². The Morgan fingerprint density at radius 2 is 1.62 bits per heavy atom. The molecule has 2 fully saturated rings. The zero-order valence-electron chi connectivity index (χ0n) is 9.31. The minimum Gasteiger partial charge on any atom is -0.0622 e. The van der Waals surface area contributed by atoms with Crippen LogP contribution in [-0.2, 0) is 0 Å². The number of fused-ring (bicyclic) bond motifs is 1. The van der Waals surface area contributed by atoms with Gasteiger partial charge in [0.25, 0.3) is 0 Å². The molecule has 0 aromatic heterocycles. The van der Waals surface area contributed by atoms with Crippen LogP contribution in [-0.4, -0.2) is 0 Å². The molecule has 2 saturated carbocycles. The van der Waals surface area contributed by atoms with E-state index in [1.807, 2.05) is 0 Å². The fraction of sp³-hybridized carbons (Fsp3) is 1.00. The topological polar surface area (TPSA) is 0 Å². The number of hydrogen-bond acceptors (Lipinski definition) is 0. The summed E-state index contributed by atoms with van der Waals surface area (Å²) < 4.78 is 0. The van der Waals surface area contributed by atoms with E-state index in [0.717, 1.165) is 17.3 Å². The summed E-state index contributed by atoms with van der Waals surface area (Å²) in [6.07, 6.45) is 12.2. The van der Waals surface area contributed by atoms with Crippen molar-refractivity contribution in [2.75, 3.05) is 0 Å². The zero-order chi connectivity index (χ0) is 9.31. The molecule has 0 aromatic rings. The van der Waals surface area contributed by atoms with Gasteiger partial charge in [-0.25, -0.2) is 0 Å². The van der Waals surface area contributed by atoms with Crippen molar-refractivity contribution in [2.45, 2.75) is 65.2 Å². The molecular weight excluding hydrogens is 156 g/mol. The average molecular weight is 180 g/mol. The lowest BCUT2D eigenvalue weighted by Gasteiger charge is -2.38. The first-order valence-corrected chi connectivity index (χ1v) is 6.26. The van der Waals surface area contributed by atoms with Gasteiger partial charge < -0.3 is 0 Å². The van der Waals surface area contributed by atoms with Crippen LogP contribution in [0.15, 0.2) is 0 Å². The van der Waals surface area contributed by atoms with E-state index in [9.17, 15) is 0 Å². The van der Waals surface area contributed by atoms with Crippen molar-refractivity contribution in [3.63, 3.8) is 0 Å². The first kappa shape index (κ1) is 9.55. The molecule has 13 heavy (non-hydrogen) atoms. The van der Waals surface area contributed by atoms with Crippen molar-refractivity contribution in [3.05, 3.63) is 0 Å². The molecule has 0 spiro atoms. The number of hydrogen-bond donors (Lipinski definition) is 0. The van der Waals surface area contributed by atoms with E-state index in [1.165, 1.54) is 51.4 Å². The lowest BCUT2D eigenvalue weighted by Crippen LogP contribution is -2.30. The maximum atomic E-state index is 2.46. The van der Waals surface area contributed by atoms with Crippen molar-refractivity contribution in [2.24, 2.45) is 17.3 Å². The van der Waals surface area contributed by atoms with Gasteiger partial charge in [-0.05, 0) is 42.9 Å². The maximum Gasteiger partial charge on any atom is -0.0246 e. The van der Waals surface area contributed by atoms with Gasteiger partial charge in [0, 0.05) is 0 Å². The molecule has 2 unspecified atom stereocenters. The molecule has 0 aliphatic heterocycles. The van der Waals surface area contributed by atoms with Gasteiger partial charge in [-0.15, -0.1) is 0 Å². The van der Waals surface area contributed by atoms with E-state index in [4.69, 9.17) is 0 Å². The molecule has 0 heteroatoms. The third-order valence-corrected chi connectivity index (χ3v) is 4.85. The van der Waals surface area contributed by atoms with Crippen LogP contribution in [0.1, 0.15) is 65.2 Å². The molecule has 0 amide bonds. The second-order valence-corrected chi connectivity index (χ2v) is 5.58. The zero-order valence-corrected chi connectivity index (χ0v) is 9.31. The number of rotatable bonds is 1. The molecule has 0 saturated heterocycles. The van der Waals surface area contributed by atoms with Gasteiger partial charge in [0.2, 0.25) is 0 Å². The standard InChI is InChI=1S/C13H24/c1-11(2)13-9-5-3-4-7-12(13)8-6-10-13/h11-12H,3-10H2,1-2H3. The van der Waals surface area contributed by atoms with Crippen LogP contribution in [0.4, 0.5) is 0 Å². The third kappa shape index (κ3) is 1.53. The van der Waals surface area contributed by atoms with Gasteiger partial charge in [-0.3, -0.25) is 0 Å². The molecule has 0 nitrogen and oxygen atoms in total. The first-order valence-electron chi connectivity index (χ1n) is 6.26. The second-order valence-electron chi connectivity index (χ2n) is 5.58. The molecule has 76 valence electrons. The molecule has 0 heterocycles. The van der Waals surface area contributed by atoms with Crippen LogP contribution >= 0.6 is 0 Å². The van der Waals surface area contributed by atoms with Crippen molar-refractivity contribution in [3.8, 4) is 0 Å². The highest BCUT2D eigenvalue weighted by molar-refractivity contribution is 4.95. The van der Waals surface area contributed by atoms with E-state index in [-0.39, 0.29) is 0 Å². The van der Waals surface area contributed by atoms with Crippen LogP contribution in [0.2, 0.25) is 0 Å². The van der Waals surface area contributed by atoms with Gasteiger partial charge in [-0.2, -0.15) is 0 Å². The lowest BCUT2D eigenvalue weighted by molar-refractivity contribution is 0.111. The van der Waals surface area contributed by atoms with E-state index in [1.54, 1.807) is 0 Å². The van der Waals surface area contributed by atoms with Crippen LogP contribution in [0.5, 0.6) is 0 Å². The van der Waals surface area contributed by atoms with Gasteiger partial charge in [0.05, 0.1) is 0 Å². The van der Waals surface area contributed by atoms with Crippen LogP contribution in [0, 0.1) is 17.3 Å². The van der Waals surface area contributed by atoms with Gasteiger partial charge >= 0.3 is 0 Å². The summed E-state index contributed by atoms with van der Waals surface area (Å²) in [5.74, 6) is 2.02. The predicted molar refractivity (Wildman–Crippen MR) is 57.7 cm³/mol. The molecule has 0 radical (unpaired) electrons. The Bertz CT molecular complexity index is 171. The molecule has 2 atom stereocenters. The minimum atomic E-state index is 0.774. The van der Waals surface area contributed by atoms with Crippen molar-refractivity contribution >= 4 is 0 Å². The Hall–Kier alpha value is 0. The molecule has 0 bridgehead atoms. The summed E-state index contributed by atoms with van der Waals surface area (Å²) in [6, 6.07) is 0. The fourth-order valence-corrected chi connectivity index (χ4v) is 4.00. The van der Waals surface area contributed by atoms with Crippen LogP contribution in [0.25, 0.3) is 0 Å². The Morgan fingerprint density at radius 3 is 2.38 bits per heavy atom. The second kappa shape index (κ2) is 3.63. The highest BCUT2D eigenvalue weighted by atomic mass is 14.5. The summed E-state index contributed by atoms with van der Waals surface area (Å²) >= 11 is 0. The van der Waals surface area contributed by atoms with Crippen LogP contribution < -0.4 is 0 Å². The Labute approximate surface area is 83.1 Å². The quantitative estimate of drug-likeness (QED) is 0.561. The van der Waals surface area contributed by atoms with Crippen LogP contribution in [0.3, 0.4) is 0 Å². The minimum absolute atomic E-state index is 0.774. The summed E-state index contributed by atoms with van der Waals surface area (Å²) in [5.41, 5.74) is 0.774. The predicted octanol–water partition coefficient (Wildman–Crippen LogP) is 4.39. The largest absolute Gasteiger partial charge is 0.0622 e. The molecule has 2 rings (SSSR count). The lowest BCUT2D eigenvalue weighted by atomic mass is 9.67. The van der Waals surface area contributed by atoms with Crippen molar-refractivity contribution < 1.29 is 0 Å². The van der Waals surface area contributed by atoms with E-state index in [2.05, 4.69) is 13.8 Å². The SMILES string of the molecule is CC(C)C12CCCCCC1CCC2. The van der Waals surface area contributed by atoms with Gasteiger partial charge in [0.1, 0.15) is 0 Å². The Morgan fingerprint density at radius 1 is 0.923 bits per heavy atom. The summed E-state index contributed by atoms with van der Waals surface area (Å²) in [5, 5.41) is 0. The molecule has 2 aliphatic rings.